The second-order valence-electron chi connectivity index (χ2n) is 6.85. The number of anilines is 1. The lowest BCUT2D eigenvalue weighted by molar-refractivity contribution is 0.210. The predicted octanol–water partition coefficient (Wildman–Crippen LogP) is 3.39. The summed E-state index contributed by atoms with van der Waals surface area (Å²) < 4.78 is 1.92. The Morgan fingerprint density at radius 1 is 1.19 bits per heavy atom. The average molecular weight is 361 g/mol. The normalized spacial score (nSPS) is 13.7. The summed E-state index contributed by atoms with van der Waals surface area (Å²) >= 11 is 0. The molecule has 4 rings (SSSR count). The first-order chi connectivity index (χ1) is 13.2. The van der Waals surface area contributed by atoms with Gasteiger partial charge in [0.1, 0.15) is 0 Å². The van der Waals surface area contributed by atoms with Gasteiger partial charge in [-0.15, -0.1) is 0 Å². The van der Waals surface area contributed by atoms with E-state index in [1.54, 1.807) is 6.20 Å². The van der Waals surface area contributed by atoms with Gasteiger partial charge in [-0.05, 0) is 36.6 Å². The fraction of sp³-hybridized carbons (Fsp3) is 0.286. The second-order valence-corrected chi connectivity index (χ2v) is 6.85. The van der Waals surface area contributed by atoms with E-state index in [1.165, 1.54) is 5.69 Å². The minimum Gasteiger partial charge on any atom is -0.320 e. The number of hydrogen-bond acceptors (Lipinski definition) is 3. The molecule has 0 unspecified atom stereocenters. The van der Waals surface area contributed by atoms with Crippen molar-refractivity contribution in [1.29, 1.82) is 0 Å². The topological polar surface area (TPSA) is 63.1 Å². The molecule has 1 N–H and O–H groups in total. The first kappa shape index (κ1) is 17.3. The number of fused-ring (bicyclic) bond motifs is 1. The van der Waals surface area contributed by atoms with Crippen molar-refractivity contribution in [2.24, 2.45) is 7.05 Å². The summed E-state index contributed by atoms with van der Waals surface area (Å²) in [4.78, 5) is 19.2. The third kappa shape index (κ3) is 3.84. The summed E-state index contributed by atoms with van der Waals surface area (Å²) in [7, 11) is 1.96. The van der Waals surface area contributed by atoms with Gasteiger partial charge in [0.15, 0.2) is 0 Å². The van der Waals surface area contributed by atoms with E-state index in [9.17, 15) is 4.79 Å². The molecule has 1 aromatic carbocycles. The number of rotatable bonds is 3. The number of para-hydroxylation sites is 1. The van der Waals surface area contributed by atoms with Gasteiger partial charge in [0.25, 0.3) is 0 Å². The van der Waals surface area contributed by atoms with E-state index in [0.29, 0.717) is 13.0 Å². The van der Waals surface area contributed by atoms with E-state index < -0.39 is 0 Å². The molecule has 0 aliphatic carbocycles. The number of nitrogens with zero attached hydrogens (tertiary/aromatic N) is 4. The molecule has 138 valence electrons. The standard InChI is InChI=1S/C21H23N5O/c1-25-20-10-6-12-26(15-17(20)14-23-25)21(27)24-19-9-3-2-7-16(19)13-18-8-4-5-11-22-18/h2-5,7-9,11,14H,6,10,12-13,15H2,1H3,(H,24,27). The molecular weight excluding hydrogens is 338 g/mol. The van der Waals surface area contributed by atoms with Gasteiger partial charge in [0.2, 0.25) is 0 Å². The van der Waals surface area contributed by atoms with Crippen molar-refractivity contribution >= 4 is 11.7 Å². The number of hydrogen-bond donors (Lipinski definition) is 1. The van der Waals surface area contributed by atoms with Gasteiger partial charge in [0, 0.05) is 48.8 Å². The predicted molar refractivity (Wildman–Crippen MR) is 104 cm³/mol. The Morgan fingerprint density at radius 2 is 2.04 bits per heavy atom. The van der Waals surface area contributed by atoms with Crippen LogP contribution in [-0.4, -0.2) is 32.2 Å². The van der Waals surface area contributed by atoms with Crippen LogP contribution in [0.3, 0.4) is 0 Å². The van der Waals surface area contributed by atoms with Crippen LogP contribution in [0.2, 0.25) is 0 Å². The lowest BCUT2D eigenvalue weighted by atomic mass is 10.1. The number of urea groups is 1. The largest absolute Gasteiger partial charge is 0.322 e. The number of carbonyl (C=O) groups is 1. The smallest absolute Gasteiger partial charge is 0.320 e. The first-order valence-electron chi connectivity index (χ1n) is 9.24. The third-order valence-electron chi connectivity index (χ3n) is 4.99. The SMILES string of the molecule is Cn1ncc2c1CCCN(C(=O)Nc1ccccc1Cc1ccccn1)C2. The quantitative estimate of drug-likeness (QED) is 0.778. The minimum absolute atomic E-state index is 0.0693. The molecule has 2 aromatic heterocycles. The van der Waals surface area contributed by atoms with E-state index in [0.717, 1.165) is 41.9 Å². The zero-order valence-corrected chi connectivity index (χ0v) is 15.4. The number of amides is 2. The summed E-state index contributed by atoms with van der Waals surface area (Å²) in [6.07, 6.45) is 6.24. The van der Waals surface area contributed by atoms with Crippen LogP contribution in [-0.2, 0) is 26.4 Å². The molecule has 27 heavy (non-hydrogen) atoms. The van der Waals surface area contributed by atoms with Crippen LogP contribution in [0.4, 0.5) is 10.5 Å². The van der Waals surface area contributed by atoms with Crippen LogP contribution in [0, 0.1) is 0 Å². The molecule has 3 heterocycles. The van der Waals surface area contributed by atoms with Crippen LogP contribution in [0.1, 0.15) is 28.9 Å². The van der Waals surface area contributed by atoms with Crippen molar-refractivity contribution in [3.8, 4) is 0 Å². The van der Waals surface area contributed by atoms with Gasteiger partial charge in [0.05, 0.1) is 12.7 Å². The van der Waals surface area contributed by atoms with E-state index >= 15 is 0 Å². The van der Waals surface area contributed by atoms with E-state index in [1.807, 2.05) is 65.3 Å². The van der Waals surface area contributed by atoms with Crippen molar-refractivity contribution in [3.63, 3.8) is 0 Å². The van der Waals surface area contributed by atoms with Gasteiger partial charge in [-0.2, -0.15) is 5.10 Å². The zero-order valence-electron chi connectivity index (χ0n) is 15.4. The van der Waals surface area contributed by atoms with Crippen LogP contribution in [0.5, 0.6) is 0 Å². The lowest BCUT2D eigenvalue weighted by Gasteiger charge is -2.22. The molecular formula is C21H23N5O. The van der Waals surface area contributed by atoms with Crippen molar-refractivity contribution in [2.45, 2.75) is 25.8 Å². The van der Waals surface area contributed by atoms with E-state index in [4.69, 9.17) is 0 Å². The molecule has 6 heteroatoms. The summed E-state index contributed by atoms with van der Waals surface area (Å²) in [6, 6.07) is 13.7. The highest BCUT2D eigenvalue weighted by Gasteiger charge is 2.21. The van der Waals surface area contributed by atoms with Crippen molar-refractivity contribution in [2.75, 3.05) is 11.9 Å². The monoisotopic (exact) mass is 361 g/mol. The molecule has 0 saturated carbocycles. The lowest BCUT2D eigenvalue weighted by Crippen LogP contribution is -2.34. The number of benzene rings is 1. The van der Waals surface area contributed by atoms with Crippen LogP contribution in [0.15, 0.2) is 54.9 Å². The Hall–Kier alpha value is -3.15. The molecule has 1 aliphatic rings. The molecule has 0 atom stereocenters. The van der Waals surface area contributed by atoms with Gasteiger partial charge in [-0.25, -0.2) is 4.79 Å². The summed E-state index contributed by atoms with van der Waals surface area (Å²) in [5.74, 6) is 0. The Labute approximate surface area is 158 Å². The fourth-order valence-electron chi connectivity index (χ4n) is 3.55. The third-order valence-corrected chi connectivity index (χ3v) is 4.99. The molecule has 0 saturated heterocycles. The maximum atomic E-state index is 12.9. The van der Waals surface area contributed by atoms with Crippen LogP contribution in [0.25, 0.3) is 0 Å². The zero-order chi connectivity index (χ0) is 18.6. The highest BCUT2D eigenvalue weighted by molar-refractivity contribution is 5.90. The summed E-state index contributed by atoms with van der Waals surface area (Å²) in [5.41, 5.74) is 5.23. The highest BCUT2D eigenvalue weighted by Crippen LogP contribution is 2.21. The molecule has 6 nitrogen and oxygen atoms in total. The molecule has 2 amide bonds. The van der Waals surface area contributed by atoms with Crippen LogP contribution < -0.4 is 5.32 Å². The molecule has 3 aromatic rings. The maximum Gasteiger partial charge on any atom is 0.322 e. The summed E-state index contributed by atoms with van der Waals surface area (Å²) in [5, 5.41) is 7.43. The van der Waals surface area contributed by atoms with Crippen LogP contribution >= 0.6 is 0 Å². The molecule has 0 bridgehead atoms. The van der Waals surface area contributed by atoms with E-state index in [2.05, 4.69) is 15.4 Å². The van der Waals surface area contributed by atoms with Gasteiger partial charge in [-0.1, -0.05) is 24.3 Å². The van der Waals surface area contributed by atoms with Crippen molar-refractivity contribution in [1.82, 2.24) is 19.7 Å². The number of carbonyl (C=O) groups excluding carboxylic acids is 1. The highest BCUT2D eigenvalue weighted by atomic mass is 16.2. The van der Waals surface area contributed by atoms with Gasteiger partial charge in [-0.3, -0.25) is 9.67 Å². The number of pyridine rings is 1. The average Bonchev–Trinajstić information content (AvgIpc) is 2.90. The Morgan fingerprint density at radius 3 is 2.89 bits per heavy atom. The maximum absolute atomic E-state index is 12.9. The Balaban J connectivity index is 1.50. The molecule has 1 aliphatic heterocycles. The Kier molecular flexibility index (Phi) is 4.87. The number of nitrogens with one attached hydrogen (secondary N) is 1. The molecule has 0 fully saturated rings. The minimum atomic E-state index is -0.0693. The fourth-order valence-corrected chi connectivity index (χ4v) is 3.55. The summed E-state index contributed by atoms with van der Waals surface area (Å²) in [6.45, 7) is 1.33. The van der Waals surface area contributed by atoms with Crippen molar-refractivity contribution < 1.29 is 4.79 Å². The second kappa shape index (κ2) is 7.61. The number of aryl methyl sites for hydroxylation is 1. The van der Waals surface area contributed by atoms with Gasteiger partial charge < -0.3 is 10.2 Å². The van der Waals surface area contributed by atoms with E-state index in [-0.39, 0.29) is 6.03 Å². The number of aromatic nitrogens is 3. The molecule has 0 radical (unpaired) electrons. The Bertz CT molecular complexity index is 935. The first-order valence-corrected chi connectivity index (χ1v) is 9.24. The van der Waals surface area contributed by atoms with Gasteiger partial charge >= 0.3 is 6.03 Å². The van der Waals surface area contributed by atoms with Crippen molar-refractivity contribution in [3.05, 3.63) is 77.4 Å². The molecule has 0 spiro atoms.